The minimum absolute atomic E-state index is 0.0248. The van der Waals surface area contributed by atoms with Crippen LogP contribution in [0.2, 0.25) is 0 Å². The van der Waals surface area contributed by atoms with Gasteiger partial charge in [0.2, 0.25) is 5.91 Å². The van der Waals surface area contributed by atoms with Gasteiger partial charge in [-0.25, -0.2) is 14.4 Å². The molecule has 1 unspecified atom stereocenters. The van der Waals surface area contributed by atoms with Crippen LogP contribution >= 0.6 is 0 Å². The van der Waals surface area contributed by atoms with E-state index < -0.39 is 35.9 Å². The maximum absolute atomic E-state index is 14.0. The van der Waals surface area contributed by atoms with Gasteiger partial charge in [0, 0.05) is 7.05 Å². The first-order valence-electron chi connectivity index (χ1n) is 14.5. The van der Waals surface area contributed by atoms with Gasteiger partial charge in [-0.2, -0.15) is 13.2 Å². The monoisotopic (exact) mass is 633 g/mol. The zero-order valence-corrected chi connectivity index (χ0v) is 25.3. The Morgan fingerprint density at radius 1 is 1.00 bits per heavy atom. The predicted molar refractivity (Wildman–Crippen MR) is 166 cm³/mol. The molecule has 0 aliphatic rings. The summed E-state index contributed by atoms with van der Waals surface area (Å²) in [5.41, 5.74) is -0.479. The summed E-state index contributed by atoms with van der Waals surface area (Å²) in [4.78, 5) is 38.7. The maximum Gasteiger partial charge on any atom is 0.419 e. The summed E-state index contributed by atoms with van der Waals surface area (Å²) in [5, 5.41) is 3.30. The first-order chi connectivity index (χ1) is 22.0. The SMILES string of the molecule is CCOc1ccc(-n2c(C(C)N(Cc3cccc(NC)n3)C(=O)Cc3ccc(F)c(C(F)(F)F)c3)nc3ccccc3c2=O)cc1. The first kappa shape index (κ1) is 32.1. The Bertz CT molecular complexity index is 1930. The minimum atomic E-state index is -4.93. The molecule has 0 aliphatic heterocycles. The lowest BCUT2D eigenvalue weighted by atomic mass is 10.1. The molecule has 1 N–H and O–H groups in total. The van der Waals surface area contributed by atoms with Crippen molar-refractivity contribution in [3.05, 3.63) is 124 Å². The first-order valence-corrected chi connectivity index (χ1v) is 14.5. The number of para-hydroxylation sites is 1. The molecule has 8 nitrogen and oxygen atoms in total. The molecule has 12 heteroatoms. The van der Waals surface area contributed by atoms with Crippen LogP contribution in [0.4, 0.5) is 23.4 Å². The van der Waals surface area contributed by atoms with E-state index >= 15 is 0 Å². The molecule has 2 heterocycles. The van der Waals surface area contributed by atoms with Crippen LogP contribution in [-0.4, -0.2) is 39.0 Å². The van der Waals surface area contributed by atoms with E-state index in [1.807, 2.05) is 6.92 Å². The van der Waals surface area contributed by atoms with Crippen molar-refractivity contribution in [3.63, 3.8) is 0 Å². The third-order valence-corrected chi connectivity index (χ3v) is 7.46. The smallest absolute Gasteiger partial charge is 0.419 e. The number of carbonyl (C=O) groups excluding carboxylic acids is 1. The lowest BCUT2D eigenvalue weighted by molar-refractivity contribution is -0.140. The summed E-state index contributed by atoms with van der Waals surface area (Å²) in [6.45, 7) is 3.94. The second kappa shape index (κ2) is 13.4. The topological polar surface area (TPSA) is 89.3 Å². The van der Waals surface area contributed by atoms with Crippen molar-refractivity contribution in [3.8, 4) is 11.4 Å². The van der Waals surface area contributed by atoms with E-state index in [-0.39, 0.29) is 23.5 Å². The van der Waals surface area contributed by atoms with E-state index in [2.05, 4.69) is 10.3 Å². The molecule has 0 saturated carbocycles. The van der Waals surface area contributed by atoms with Crippen LogP contribution in [0, 0.1) is 5.82 Å². The Balaban J connectivity index is 1.63. The van der Waals surface area contributed by atoms with E-state index in [4.69, 9.17) is 9.72 Å². The number of pyridine rings is 1. The van der Waals surface area contributed by atoms with Gasteiger partial charge in [-0.3, -0.25) is 14.2 Å². The van der Waals surface area contributed by atoms with Gasteiger partial charge >= 0.3 is 6.18 Å². The van der Waals surface area contributed by atoms with Crippen molar-refractivity contribution < 1.29 is 27.1 Å². The average Bonchev–Trinajstić information content (AvgIpc) is 3.04. The summed E-state index contributed by atoms with van der Waals surface area (Å²) < 4.78 is 61.4. The largest absolute Gasteiger partial charge is 0.494 e. The fraction of sp³-hybridized carbons (Fsp3) is 0.235. The molecule has 0 radical (unpaired) electrons. The molecular formula is C34H31F4N5O3. The number of carbonyl (C=O) groups is 1. The van der Waals surface area contributed by atoms with Crippen molar-refractivity contribution in [1.29, 1.82) is 0 Å². The Hall–Kier alpha value is -5.26. The number of aromatic nitrogens is 3. The van der Waals surface area contributed by atoms with Gasteiger partial charge in [0.15, 0.2) is 0 Å². The number of anilines is 1. The standard InChI is InChI=1S/C34H31F4N5O3/c1-4-46-25-15-13-24(14-16-25)43-32(41-29-10-6-5-9-26(29)33(43)45)21(2)42(20-23-8-7-11-30(39-3)40-23)31(44)19-22-12-17-28(35)27(18-22)34(36,37)38/h5-18,21H,4,19-20H2,1-3H3,(H,39,40). The zero-order valence-electron chi connectivity index (χ0n) is 25.3. The predicted octanol–water partition coefficient (Wildman–Crippen LogP) is 6.71. The second-order valence-electron chi connectivity index (χ2n) is 10.5. The van der Waals surface area contributed by atoms with Gasteiger partial charge in [-0.05, 0) is 80.1 Å². The number of nitrogens with one attached hydrogen (secondary N) is 1. The Morgan fingerprint density at radius 3 is 2.43 bits per heavy atom. The highest BCUT2D eigenvalue weighted by Crippen LogP contribution is 2.33. The number of benzene rings is 3. The molecule has 5 rings (SSSR count). The summed E-state index contributed by atoms with van der Waals surface area (Å²) in [6.07, 6.45) is -5.41. The van der Waals surface area contributed by atoms with E-state index in [0.717, 1.165) is 6.07 Å². The molecule has 1 atom stereocenters. The van der Waals surface area contributed by atoms with Gasteiger partial charge in [0.05, 0.1) is 53.5 Å². The summed E-state index contributed by atoms with van der Waals surface area (Å²) in [6, 6.07) is 20.5. The van der Waals surface area contributed by atoms with Gasteiger partial charge in [0.25, 0.3) is 5.56 Å². The molecule has 2 aromatic heterocycles. The number of nitrogens with zero attached hydrogens (tertiary/aromatic N) is 4. The Morgan fingerprint density at radius 2 is 1.74 bits per heavy atom. The highest BCUT2D eigenvalue weighted by molar-refractivity contribution is 5.80. The number of ether oxygens (including phenoxy) is 1. The van der Waals surface area contributed by atoms with Crippen molar-refractivity contribution in [2.75, 3.05) is 19.0 Å². The molecule has 46 heavy (non-hydrogen) atoms. The van der Waals surface area contributed by atoms with Gasteiger partial charge in [-0.15, -0.1) is 0 Å². The molecule has 0 bridgehead atoms. The van der Waals surface area contributed by atoms with Crippen molar-refractivity contribution in [2.45, 2.75) is 39.0 Å². The van der Waals surface area contributed by atoms with E-state index in [1.54, 1.807) is 80.7 Å². The number of hydrogen-bond acceptors (Lipinski definition) is 6. The average molecular weight is 634 g/mol. The van der Waals surface area contributed by atoms with E-state index in [9.17, 15) is 27.2 Å². The molecule has 3 aromatic carbocycles. The number of amides is 1. The number of fused-ring (bicyclic) bond motifs is 1. The molecular weight excluding hydrogens is 602 g/mol. The van der Waals surface area contributed by atoms with Crippen molar-refractivity contribution in [2.24, 2.45) is 0 Å². The third kappa shape index (κ3) is 6.85. The number of hydrogen-bond donors (Lipinski definition) is 1. The molecule has 0 fully saturated rings. The second-order valence-corrected chi connectivity index (χ2v) is 10.5. The summed E-state index contributed by atoms with van der Waals surface area (Å²) in [5.74, 6) is -0.638. The van der Waals surface area contributed by atoms with Crippen LogP contribution in [0.25, 0.3) is 16.6 Å². The fourth-order valence-corrected chi connectivity index (χ4v) is 5.18. The van der Waals surface area contributed by atoms with E-state index in [1.165, 1.54) is 9.47 Å². The fourth-order valence-electron chi connectivity index (χ4n) is 5.18. The summed E-state index contributed by atoms with van der Waals surface area (Å²) >= 11 is 0. The lowest BCUT2D eigenvalue weighted by Gasteiger charge is -2.31. The highest BCUT2D eigenvalue weighted by atomic mass is 19.4. The van der Waals surface area contributed by atoms with Crippen LogP contribution in [0.15, 0.2) is 89.7 Å². The molecule has 1 amide bonds. The Kier molecular flexibility index (Phi) is 9.36. The highest BCUT2D eigenvalue weighted by Gasteiger charge is 2.35. The third-order valence-electron chi connectivity index (χ3n) is 7.46. The zero-order chi connectivity index (χ0) is 33.0. The van der Waals surface area contributed by atoms with Crippen LogP contribution in [0.1, 0.15) is 42.5 Å². The number of rotatable bonds is 10. The van der Waals surface area contributed by atoms with E-state index in [0.29, 0.717) is 52.6 Å². The lowest BCUT2D eigenvalue weighted by Crippen LogP contribution is -2.38. The maximum atomic E-state index is 14.0. The number of alkyl halides is 3. The number of halogens is 4. The van der Waals surface area contributed by atoms with Crippen molar-refractivity contribution >= 4 is 22.6 Å². The van der Waals surface area contributed by atoms with Crippen LogP contribution in [-0.2, 0) is 23.9 Å². The van der Waals surface area contributed by atoms with Gasteiger partial charge < -0.3 is 15.0 Å². The van der Waals surface area contributed by atoms with Crippen molar-refractivity contribution in [1.82, 2.24) is 19.4 Å². The molecule has 238 valence electrons. The molecule has 0 saturated heterocycles. The minimum Gasteiger partial charge on any atom is -0.494 e. The normalized spacial score (nSPS) is 12.2. The van der Waals surface area contributed by atoms with Gasteiger partial charge in [-0.1, -0.05) is 24.3 Å². The summed E-state index contributed by atoms with van der Waals surface area (Å²) in [7, 11) is 1.69. The molecule has 0 spiro atoms. The van der Waals surface area contributed by atoms with Gasteiger partial charge in [0.1, 0.15) is 23.2 Å². The van der Waals surface area contributed by atoms with Crippen LogP contribution in [0.3, 0.4) is 0 Å². The molecule has 0 aliphatic carbocycles. The molecule has 5 aromatic rings. The Labute approximate surface area is 262 Å². The quantitative estimate of drug-likeness (QED) is 0.172. The van der Waals surface area contributed by atoms with Crippen LogP contribution < -0.4 is 15.6 Å². The van der Waals surface area contributed by atoms with Crippen LogP contribution in [0.5, 0.6) is 5.75 Å².